The zero-order chi connectivity index (χ0) is 14.7. The predicted octanol–water partition coefficient (Wildman–Crippen LogP) is 2.30. The second-order valence-corrected chi connectivity index (χ2v) is 6.07. The molecule has 0 bridgehead atoms. The summed E-state index contributed by atoms with van der Waals surface area (Å²) < 4.78 is 2.80. The lowest BCUT2D eigenvalue weighted by atomic mass is 10.1. The van der Waals surface area contributed by atoms with Crippen LogP contribution in [0.15, 0.2) is 29.0 Å². The van der Waals surface area contributed by atoms with E-state index in [4.69, 9.17) is 17.3 Å². The average Bonchev–Trinajstić information content (AvgIpc) is 2.77. The van der Waals surface area contributed by atoms with E-state index in [1.54, 1.807) is 18.5 Å². The zero-order valence-corrected chi connectivity index (χ0v) is 13.8. The fraction of sp³-hybridized carbons (Fsp3) is 0.385. The molecule has 0 spiro atoms. The number of nitrogens with zero attached hydrogens (tertiary/aromatic N) is 4. The summed E-state index contributed by atoms with van der Waals surface area (Å²) in [5.41, 5.74) is 7.99. The molecule has 0 radical (unpaired) electrons. The third-order valence-electron chi connectivity index (χ3n) is 2.96. The first-order valence-electron chi connectivity index (χ1n) is 6.22. The van der Waals surface area contributed by atoms with Gasteiger partial charge in [-0.25, -0.2) is 0 Å². The maximum absolute atomic E-state index is 6.31. The van der Waals surface area contributed by atoms with E-state index < -0.39 is 0 Å². The van der Waals surface area contributed by atoms with Crippen LogP contribution in [0.3, 0.4) is 0 Å². The molecule has 5 nitrogen and oxygen atoms in total. The second kappa shape index (κ2) is 6.67. The maximum atomic E-state index is 6.31. The Balaban J connectivity index is 2.26. The summed E-state index contributed by atoms with van der Waals surface area (Å²) >= 11 is 9.36. The third-order valence-corrected chi connectivity index (χ3v) is 3.79. The van der Waals surface area contributed by atoms with Gasteiger partial charge in [0.05, 0.1) is 39.7 Å². The Kier molecular flexibility index (Phi) is 5.15. The van der Waals surface area contributed by atoms with Gasteiger partial charge in [-0.3, -0.25) is 9.67 Å². The lowest BCUT2D eigenvalue weighted by Gasteiger charge is -2.16. The van der Waals surface area contributed by atoms with Gasteiger partial charge in [0, 0.05) is 12.7 Å². The average molecular weight is 359 g/mol. The van der Waals surface area contributed by atoms with Crippen LogP contribution in [-0.2, 0) is 6.54 Å². The Hall–Kier alpha value is -0.950. The summed E-state index contributed by atoms with van der Waals surface area (Å²) in [6, 6.07) is 3.28. The van der Waals surface area contributed by atoms with E-state index in [0.29, 0.717) is 5.02 Å². The van der Waals surface area contributed by atoms with Crippen molar-refractivity contribution in [1.82, 2.24) is 19.7 Å². The van der Waals surface area contributed by atoms with Crippen LogP contribution in [0.4, 0.5) is 0 Å². The van der Waals surface area contributed by atoms with Gasteiger partial charge in [0.2, 0.25) is 0 Å². The summed E-state index contributed by atoms with van der Waals surface area (Å²) in [7, 11) is 4.05. The molecular weight excluding hydrogens is 342 g/mol. The number of halogens is 2. The van der Waals surface area contributed by atoms with Crippen molar-refractivity contribution < 1.29 is 0 Å². The second-order valence-electron chi connectivity index (χ2n) is 4.78. The van der Waals surface area contributed by atoms with Crippen LogP contribution in [-0.4, -0.2) is 40.3 Å². The number of rotatable bonds is 5. The monoisotopic (exact) mass is 357 g/mol. The number of hydrogen-bond acceptors (Lipinski definition) is 4. The number of nitrogens with two attached hydrogens (primary N) is 1. The van der Waals surface area contributed by atoms with Crippen molar-refractivity contribution >= 4 is 27.5 Å². The molecule has 1 atom stereocenters. The van der Waals surface area contributed by atoms with E-state index in [-0.39, 0.29) is 6.04 Å². The van der Waals surface area contributed by atoms with Gasteiger partial charge >= 0.3 is 0 Å². The summed E-state index contributed by atoms with van der Waals surface area (Å²) in [6.45, 7) is 1.66. The minimum atomic E-state index is -0.341. The Morgan fingerprint density at radius 2 is 2.15 bits per heavy atom. The molecular formula is C13H17BrClN5. The number of aromatic nitrogens is 3. The molecule has 2 aromatic heterocycles. The number of pyridine rings is 1. The molecule has 0 fully saturated rings. The van der Waals surface area contributed by atoms with Gasteiger partial charge in [0.25, 0.3) is 0 Å². The fourth-order valence-electron chi connectivity index (χ4n) is 1.87. The first-order valence-corrected chi connectivity index (χ1v) is 7.39. The highest BCUT2D eigenvalue weighted by molar-refractivity contribution is 9.10. The van der Waals surface area contributed by atoms with Crippen molar-refractivity contribution in [3.8, 4) is 0 Å². The molecule has 0 amide bonds. The lowest BCUT2D eigenvalue weighted by molar-refractivity contribution is 0.367. The molecule has 108 valence electrons. The van der Waals surface area contributed by atoms with Gasteiger partial charge in [-0.05, 0) is 42.2 Å². The summed E-state index contributed by atoms with van der Waals surface area (Å²) in [6.07, 6.45) is 3.37. The Bertz CT molecular complexity index is 567. The summed E-state index contributed by atoms with van der Waals surface area (Å²) in [4.78, 5) is 6.38. The Morgan fingerprint density at radius 3 is 2.75 bits per heavy atom. The molecule has 2 heterocycles. The zero-order valence-electron chi connectivity index (χ0n) is 11.4. The molecule has 2 rings (SSSR count). The van der Waals surface area contributed by atoms with Gasteiger partial charge < -0.3 is 10.6 Å². The minimum Gasteiger partial charge on any atom is -0.318 e. The van der Waals surface area contributed by atoms with Gasteiger partial charge in [-0.1, -0.05) is 11.6 Å². The number of likely N-dealkylation sites (N-methyl/N-ethyl adjacent to an activating group) is 1. The van der Waals surface area contributed by atoms with E-state index in [0.717, 1.165) is 29.0 Å². The molecule has 20 heavy (non-hydrogen) atoms. The molecule has 0 aromatic carbocycles. The minimum absolute atomic E-state index is 0.341. The van der Waals surface area contributed by atoms with Gasteiger partial charge in [0.1, 0.15) is 0 Å². The maximum Gasteiger partial charge on any atom is 0.0908 e. The molecule has 0 aliphatic heterocycles. The van der Waals surface area contributed by atoms with Gasteiger partial charge in [-0.15, -0.1) is 0 Å². The van der Waals surface area contributed by atoms with Crippen LogP contribution in [0.25, 0.3) is 0 Å². The third kappa shape index (κ3) is 3.58. The predicted molar refractivity (Wildman–Crippen MR) is 83.8 cm³/mol. The van der Waals surface area contributed by atoms with E-state index >= 15 is 0 Å². The van der Waals surface area contributed by atoms with Crippen molar-refractivity contribution in [2.45, 2.75) is 12.6 Å². The Morgan fingerprint density at radius 1 is 1.40 bits per heavy atom. The number of hydrogen-bond donors (Lipinski definition) is 1. The van der Waals surface area contributed by atoms with Crippen molar-refractivity contribution in [2.24, 2.45) is 5.73 Å². The van der Waals surface area contributed by atoms with Crippen LogP contribution in [0.1, 0.15) is 17.4 Å². The summed E-state index contributed by atoms with van der Waals surface area (Å²) in [5, 5.41) is 4.96. The summed E-state index contributed by atoms with van der Waals surface area (Å²) in [5.74, 6) is 0. The SMILES string of the molecule is CN(C)CCn1ncc(Br)c1C(N)c1ccc(Cl)cn1. The van der Waals surface area contributed by atoms with Crippen molar-refractivity contribution in [1.29, 1.82) is 0 Å². The topological polar surface area (TPSA) is 60.0 Å². The van der Waals surface area contributed by atoms with Gasteiger partial charge in [-0.2, -0.15) is 5.10 Å². The normalized spacial score (nSPS) is 12.9. The molecule has 2 aromatic rings. The highest BCUT2D eigenvalue weighted by Gasteiger charge is 2.19. The largest absolute Gasteiger partial charge is 0.318 e. The first kappa shape index (κ1) is 15.4. The van der Waals surface area contributed by atoms with Crippen molar-refractivity contribution in [2.75, 3.05) is 20.6 Å². The molecule has 1 unspecified atom stereocenters. The molecule has 7 heteroatoms. The van der Waals surface area contributed by atoms with E-state index in [2.05, 4.69) is 30.9 Å². The van der Waals surface area contributed by atoms with Crippen LogP contribution in [0.5, 0.6) is 0 Å². The van der Waals surface area contributed by atoms with Crippen LogP contribution in [0.2, 0.25) is 5.02 Å². The standard InChI is InChI=1S/C13H17BrClN5/c1-19(2)5-6-20-13(10(14)8-18-20)12(16)11-4-3-9(15)7-17-11/h3-4,7-8,12H,5-6,16H2,1-2H3. The quantitative estimate of drug-likeness (QED) is 0.891. The molecule has 0 saturated carbocycles. The fourth-order valence-corrected chi connectivity index (χ4v) is 2.52. The molecule has 0 aliphatic carbocycles. The van der Waals surface area contributed by atoms with Crippen LogP contribution in [0, 0.1) is 0 Å². The van der Waals surface area contributed by atoms with Gasteiger partial charge in [0.15, 0.2) is 0 Å². The molecule has 0 aliphatic rings. The highest BCUT2D eigenvalue weighted by atomic mass is 79.9. The van der Waals surface area contributed by atoms with Crippen LogP contribution >= 0.6 is 27.5 Å². The van der Waals surface area contributed by atoms with Crippen LogP contribution < -0.4 is 5.73 Å². The van der Waals surface area contributed by atoms with Crippen molar-refractivity contribution in [3.63, 3.8) is 0 Å². The first-order chi connectivity index (χ1) is 9.49. The van der Waals surface area contributed by atoms with E-state index in [9.17, 15) is 0 Å². The van der Waals surface area contributed by atoms with E-state index in [1.807, 2.05) is 24.8 Å². The van der Waals surface area contributed by atoms with E-state index in [1.165, 1.54) is 0 Å². The Labute approximate surface area is 131 Å². The highest BCUT2D eigenvalue weighted by Crippen LogP contribution is 2.26. The van der Waals surface area contributed by atoms with Crippen molar-refractivity contribution in [3.05, 3.63) is 45.4 Å². The lowest BCUT2D eigenvalue weighted by Crippen LogP contribution is -2.24. The smallest absolute Gasteiger partial charge is 0.0908 e. The molecule has 0 saturated heterocycles. The molecule has 2 N–H and O–H groups in total.